The molecule has 0 saturated heterocycles. The largest absolute Gasteiger partial charge is 0.311 e. The maximum absolute atomic E-state index is 4.17. The predicted octanol–water partition coefficient (Wildman–Crippen LogP) is 2.53. The summed E-state index contributed by atoms with van der Waals surface area (Å²) < 4.78 is 2.87. The van der Waals surface area contributed by atoms with Crippen LogP contribution in [0.3, 0.4) is 0 Å². The molecule has 3 rings (SSSR count). The van der Waals surface area contributed by atoms with Gasteiger partial charge in [0.25, 0.3) is 0 Å². The molecular formula is C13H15BrN4. The lowest BCUT2D eigenvalue weighted by Crippen LogP contribution is -2.16. The molecule has 1 saturated carbocycles. The van der Waals surface area contributed by atoms with Gasteiger partial charge in [-0.25, -0.2) is 4.68 Å². The van der Waals surface area contributed by atoms with Crippen LogP contribution in [0, 0.1) is 5.92 Å². The van der Waals surface area contributed by atoms with E-state index in [0.717, 1.165) is 34.9 Å². The Morgan fingerprint density at radius 1 is 1.28 bits per heavy atom. The molecule has 5 heteroatoms. The Bertz CT molecular complexity index is 516. The smallest absolute Gasteiger partial charge is 0.0969 e. The van der Waals surface area contributed by atoms with Crippen LogP contribution in [-0.2, 0) is 6.54 Å². The lowest BCUT2D eigenvalue weighted by Gasteiger charge is -2.00. The highest BCUT2D eigenvalue weighted by molar-refractivity contribution is 9.10. The summed E-state index contributed by atoms with van der Waals surface area (Å²) in [5.41, 5.74) is 2.01. The van der Waals surface area contributed by atoms with Gasteiger partial charge in [0.2, 0.25) is 0 Å². The van der Waals surface area contributed by atoms with Crippen LogP contribution in [0.5, 0.6) is 0 Å². The van der Waals surface area contributed by atoms with Crippen molar-refractivity contribution in [3.8, 4) is 5.69 Å². The fraction of sp³-hybridized carbons (Fsp3) is 0.385. The van der Waals surface area contributed by atoms with E-state index in [1.165, 1.54) is 12.8 Å². The molecule has 0 bridgehead atoms. The normalized spacial score (nSPS) is 14.9. The molecule has 1 fully saturated rings. The summed E-state index contributed by atoms with van der Waals surface area (Å²) in [4.78, 5) is 0. The topological polar surface area (TPSA) is 42.7 Å². The maximum Gasteiger partial charge on any atom is 0.0969 e. The minimum absolute atomic E-state index is 0.799. The SMILES string of the molecule is Brc1ccc(-n2cc(CNCC3CC3)nn2)cc1. The average Bonchev–Trinajstić information content (AvgIpc) is 3.08. The van der Waals surface area contributed by atoms with Crippen LogP contribution in [-0.4, -0.2) is 21.5 Å². The Morgan fingerprint density at radius 2 is 2.06 bits per heavy atom. The number of aromatic nitrogens is 3. The quantitative estimate of drug-likeness (QED) is 0.923. The van der Waals surface area contributed by atoms with Crippen molar-refractivity contribution in [2.75, 3.05) is 6.54 Å². The van der Waals surface area contributed by atoms with E-state index in [4.69, 9.17) is 0 Å². The van der Waals surface area contributed by atoms with Gasteiger partial charge in [-0.3, -0.25) is 0 Å². The molecule has 1 aliphatic rings. The van der Waals surface area contributed by atoms with E-state index in [-0.39, 0.29) is 0 Å². The van der Waals surface area contributed by atoms with E-state index in [0.29, 0.717) is 0 Å². The van der Waals surface area contributed by atoms with Crippen LogP contribution in [0.4, 0.5) is 0 Å². The second kappa shape index (κ2) is 5.20. The number of hydrogen-bond acceptors (Lipinski definition) is 3. The first-order valence-electron chi connectivity index (χ1n) is 6.19. The first-order chi connectivity index (χ1) is 8.81. The summed E-state index contributed by atoms with van der Waals surface area (Å²) in [7, 11) is 0. The minimum atomic E-state index is 0.799. The Kier molecular flexibility index (Phi) is 3.43. The molecule has 0 atom stereocenters. The number of halogens is 1. The Balaban J connectivity index is 1.62. The van der Waals surface area contributed by atoms with Crippen molar-refractivity contribution in [3.63, 3.8) is 0 Å². The zero-order chi connectivity index (χ0) is 12.4. The number of rotatable bonds is 5. The third-order valence-corrected chi connectivity index (χ3v) is 3.60. The highest BCUT2D eigenvalue weighted by Gasteiger charge is 2.20. The van der Waals surface area contributed by atoms with E-state index < -0.39 is 0 Å². The van der Waals surface area contributed by atoms with Crippen LogP contribution in [0.25, 0.3) is 5.69 Å². The predicted molar refractivity (Wildman–Crippen MR) is 73.5 cm³/mol. The molecule has 0 amide bonds. The van der Waals surface area contributed by atoms with Gasteiger partial charge in [-0.2, -0.15) is 0 Å². The molecule has 0 spiro atoms. The van der Waals surface area contributed by atoms with Gasteiger partial charge in [0.1, 0.15) is 0 Å². The van der Waals surface area contributed by atoms with E-state index in [2.05, 4.69) is 31.6 Å². The molecule has 1 aromatic carbocycles. The third-order valence-electron chi connectivity index (χ3n) is 3.07. The lowest BCUT2D eigenvalue weighted by atomic mass is 10.3. The molecule has 94 valence electrons. The number of nitrogens with zero attached hydrogens (tertiary/aromatic N) is 3. The number of benzene rings is 1. The lowest BCUT2D eigenvalue weighted by molar-refractivity contribution is 0.628. The molecule has 1 heterocycles. The average molecular weight is 307 g/mol. The van der Waals surface area contributed by atoms with Crippen molar-refractivity contribution < 1.29 is 0 Å². The maximum atomic E-state index is 4.17. The fourth-order valence-electron chi connectivity index (χ4n) is 1.83. The first-order valence-corrected chi connectivity index (χ1v) is 6.98. The fourth-order valence-corrected chi connectivity index (χ4v) is 2.09. The summed E-state index contributed by atoms with van der Waals surface area (Å²) in [6, 6.07) is 8.03. The molecule has 4 nitrogen and oxygen atoms in total. The summed E-state index contributed by atoms with van der Waals surface area (Å²) in [5.74, 6) is 0.895. The molecule has 18 heavy (non-hydrogen) atoms. The van der Waals surface area contributed by atoms with Crippen LogP contribution >= 0.6 is 15.9 Å². The van der Waals surface area contributed by atoms with E-state index >= 15 is 0 Å². The summed E-state index contributed by atoms with van der Waals surface area (Å²) in [5, 5.41) is 11.7. The standard InChI is InChI=1S/C13H15BrN4/c14-11-3-5-13(6-4-11)18-9-12(16-17-18)8-15-7-10-1-2-10/h3-6,9-10,15H,1-2,7-8H2. The second-order valence-corrected chi connectivity index (χ2v) is 5.62. The first kappa shape index (κ1) is 11.9. The van der Waals surface area contributed by atoms with Crippen molar-refractivity contribution in [2.45, 2.75) is 19.4 Å². The molecule has 0 aliphatic heterocycles. The van der Waals surface area contributed by atoms with Gasteiger partial charge in [0.05, 0.1) is 17.6 Å². The number of hydrogen-bond donors (Lipinski definition) is 1. The van der Waals surface area contributed by atoms with E-state index in [1.807, 2.05) is 30.5 Å². The highest BCUT2D eigenvalue weighted by atomic mass is 79.9. The van der Waals surface area contributed by atoms with Crippen LogP contribution in [0.1, 0.15) is 18.5 Å². The van der Waals surface area contributed by atoms with Crippen molar-refractivity contribution >= 4 is 15.9 Å². The monoisotopic (exact) mass is 306 g/mol. The molecule has 0 unspecified atom stereocenters. The van der Waals surface area contributed by atoms with Gasteiger partial charge >= 0.3 is 0 Å². The Morgan fingerprint density at radius 3 is 2.78 bits per heavy atom. The molecule has 1 aliphatic carbocycles. The third kappa shape index (κ3) is 2.97. The van der Waals surface area contributed by atoms with E-state index in [1.54, 1.807) is 4.68 Å². The summed E-state index contributed by atoms with van der Waals surface area (Å²) in [6.07, 6.45) is 4.72. The van der Waals surface area contributed by atoms with Crippen molar-refractivity contribution in [1.29, 1.82) is 0 Å². The molecule has 1 aromatic heterocycles. The molecule has 2 aromatic rings. The Labute approximate surface area is 115 Å². The summed E-state index contributed by atoms with van der Waals surface area (Å²) in [6.45, 7) is 1.90. The zero-order valence-electron chi connectivity index (χ0n) is 10.0. The van der Waals surface area contributed by atoms with Crippen molar-refractivity contribution in [1.82, 2.24) is 20.3 Å². The summed E-state index contributed by atoms with van der Waals surface area (Å²) >= 11 is 3.42. The van der Waals surface area contributed by atoms with Crippen molar-refractivity contribution in [3.05, 3.63) is 40.6 Å². The minimum Gasteiger partial charge on any atom is -0.311 e. The Hall–Kier alpha value is -1.20. The van der Waals surface area contributed by atoms with Crippen LogP contribution in [0.2, 0.25) is 0 Å². The van der Waals surface area contributed by atoms with Gasteiger partial charge in [0, 0.05) is 11.0 Å². The molecule has 1 N–H and O–H groups in total. The number of nitrogens with one attached hydrogen (secondary N) is 1. The van der Waals surface area contributed by atoms with Gasteiger partial charge in [-0.15, -0.1) is 5.10 Å². The van der Waals surface area contributed by atoms with Gasteiger partial charge in [-0.1, -0.05) is 21.1 Å². The highest BCUT2D eigenvalue weighted by Crippen LogP contribution is 2.27. The van der Waals surface area contributed by atoms with Gasteiger partial charge in [0.15, 0.2) is 0 Å². The van der Waals surface area contributed by atoms with Gasteiger partial charge in [-0.05, 0) is 49.6 Å². The molecule has 0 radical (unpaired) electrons. The van der Waals surface area contributed by atoms with Gasteiger partial charge < -0.3 is 5.32 Å². The zero-order valence-corrected chi connectivity index (χ0v) is 11.6. The van der Waals surface area contributed by atoms with Crippen LogP contribution in [0.15, 0.2) is 34.9 Å². The van der Waals surface area contributed by atoms with Crippen molar-refractivity contribution in [2.24, 2.45) is 5.92 Å². The van der Waals surface area contributed by atoms with Crippen LogP contribution < -0.4 is 5.32 Å². The van der Waals surface area contributed by atoms with E-state index in [9.17, 15) is 0 Å². The second-order valence-electron chi connectivity index (χ2n) is 4.71. The molecular weight excluding hydrogens is 292 g/mol.